The fourth-order valence-corrected chi connectivity index (χ4v) is 2.50. The highest BCUT2D eigenvalue weighted by molar-refractivity contribution is 9.10. The summed E-state index contributed by atoms with van der Waals surface area (Å²) in [5, 5.41) is 0. The van der Waals surface area contributed by atoms with Crippen molar-refractivity contribution in [3.05, 3.63) is 28.7 Å². The molecule has 1 aromatic carbocycles. The lowest BCUT2D eigenvalue weighted by molar-refractivity contribution is 0.224. The third kappa shape index (κ3) is 2.56. The Morgan fingerprint density at radius 2 is 2.25 bits per heavy atom. The Morgan fingerprint density at radius 1 is 1.44 bits per heavy atom. The van der Waals surface area contributed by atoms with Gasteiger partial charge in [0, 0.05) is 42.4 Å². The van der Waals surface area contributed by atoms with E-state index in [0.717, 1.165) is 30.7 Å². The van der Waals surface area contributed by atoms with Crippen molar-refractivity contribution >= 4 is 21.6 Å². The highest BCUT2D eigenvalue weighted by Crippen LogP contribution is 2.22. The van der Waals surface area contributed by atoms with Gasteiger partial charge in [-0.15, -0.1) is 0 Å². The van der Waals surface area contributed by atoms with E-state index >= 15 is 0 Å². The molecule has 2 rings (SSSR count). The molecule has 1 saturated heterocycles. The zero-order valence-corrected chi connectivity index (χ0v) is 11.2. The molecule has 2 N–H and O–H groups in total. The van der Waals surface area contributed by atoms with Crippen LogP contribution in [-0.2, 0) is 0 Å². The Balaban J connectivity index is 2.11. The second-order valence-electron chi connectivity index (χ2n) is 4.30. The number of halogens is 1. The second kappa shape index (κ2) is 5.17. The van der Waals surface area contributed by atoms with E-state index in [1.165, 1.54) is 5.69 Å². The van der Waals surface area contributed by atoms with Crippen molar-refractivity contribution in [2.75, 3.05) is 38.1 Å². The number of likely N-dealkylation sites (N-methyl/N-ethyl adjacent to an activating group) is 1. The molecule has 1 unspecified atom stereocenters. The molecule has 0 spiro atoms. The Morgan fingerprint density at radius 3 is 2.94 bits per heavy atom. The third-order valence-corrected chi connectivity index (χ3v) is 3.72. The van der Waals surface area contributed by atoms with Crippen LogP contribution in [0, 0.1) is 0 Å². The fraction of sp³-hybridized carbons (Fsp3) is 0.500. The molecule has 16 heavy (non-hydrogen) atoms. The molecule has 0 saturated carbocycles. The molecule has 0 aromatic heterocycles. The quantitative estimate of drug-likeness (QED) is 0.894. The lowest BCUT2D eigenvalue weighted by atomic mass is 10.1. The zero-order valence-electron chi connectivity index (χ0n) is 9.56. The molecule has 0 amide bonds. The predicted octanol–water partition coefficient (Wildman–Crippen LogP) is 1.53. The number of piperazine rings is 1. The standard InChI is InChI=1S/C12H18BrN3/c1-15-5-6-16(9-12(15)8-14)11-4-2-3-10(13)7-11/h2-4,7,12H,5-6,8-9,14H2,1H3. The largest absolute Gasteiger partial charge is 0.369 e. The minimum absolute atomic E-state index is 0.465. The summed E-state index contributed by atoms with van der Waals surface area (Å²) in [7, 11) is 2.15. The maximum Gasteiger partial charge on any atom is 0.0391 e. The molecule has 1 heterocycles. The van der Waals surface area contributed by atoms with E-state index in [9.17, 15) is 0 Å². The van der Waals surface area contributed by atoms with Gasteiger partial charge in [0.2, 0.25) is 0 Å². The van der Waals surface area contributed by atoms with Gasteiger partial charge in [-0.05, 0) is 25.2 Å². The number of nitrogens with two attached hydrogens (primary N) is 1. The van der Waals surface area contributed by atoms with Gasteiger partial charge in [-0.3, -0.25) is 4.90 Å². The summed E-state index contributed by atoms with van der Waals surface area (Å²) < 4.78 is 1.13. The molecule has 1 aliphatic rings. The summed E-state index contributed by atoms with van der Waals surface area (Å²) in [6, 6.07) is 8.92. The van der Waals surface area contributed by atoms with Gasteiger partial charge >= 0.3 is 0 Å². The van der Waals surface area contributed by atoms with Crippen molar-refractivity contribution in [1.82, 2.24) is 4.90 Å². The maximum atomic E-state index is 5.79. The molecule has 0 aliphatic carbocycles. The van der Waals surface area contributed by atoms with Crippen LogP contribution in [0.2, 0.25) is 0 Å². The molecule has 1 aromatic rings. The molecule has 1 atom stereocenters. The van der Waals surface area contributed by atoms with Crippen molar-refractivity contribution in [3.8, 4) is 0 Å². The zero-order chi connectivity index (χ0) is 11.5. The lowest BCUT2D eigenvalue weighted by Gasteiger charge is -2.40. The number of hydrogen-bond donors (Lipinski definition) is 1. The van der Waals surface area contributed by atoms with E-state index in [0.29, 0.717) is 6.04 Å². The SMILES string of the molecule is CN1CCN(c2cccc(Br)c2)CC1CN. The summed E-state index contributed by atoms with van der Waals surface area (Å²) in [5.74, 6) is 0. The molecule has 0 bridgehead atoms. The maximum absolute atomic E-state index is 5.79. The van der Waals surface area contributed by atoms with E-state index < -0.39 is 0 Å². The van der Waals surface area contributed by atoms with Crippen LogP contribution >= 0.6 is 15.9 Å². The van der Waals surface area contributed by atoms with Crippen molar-refractivity contribution in [3.63, 3.8) is 0 Å². The molecule has 3 nitrogen and oxygen atoms in total. The normalized spacial score (nSPS) is 22.4. The van der Waals surface area contributed by atoms with Gasteiger partial charge in [0.05, 0.1) is 0 Å². The third-order valence-electron chi connectivity index (χ3n) is 3.22. The van der Waals surface area contributed by atoms with Crippen LogP contribution < -0.4 is 10.6 Å². The monoisotopic (exact) mass is 283 g/mol. The van der Waals surface area contributed by atoms with Crippen LogP contribution in [0.4, 0.5) is 5.69 Å². The topological polar surface area (TPSA) is 32.5 Å². The molecule has 1 fully saturated rings. The first-order chi connectivity index (χ1) is 7.70. The average Bonchev–Trinajstić information content (AvgIpc) is 2.29. The summed E-state index contributed by atoms with van der Waals surface area (Å²) >= 11 is 3.51. The van der Waals surface area contributed by atoms with Crippen LogP contribution in [0.5, 0.6) is 0 Å². The van der Waals surface area contributed by atoms with Gasteiger partial charge < -0.3 is 10.6 Å². The van der Waals surface area contributed by atoms with E-state index in [1.807, 2.05) is 0 Å². The van der Waals surface area contributed by atoms with Gasteiger partial charge in [0.1, 0.15) is 0 Å². The number of benzene rings is 1. The predicted molar refractivity (Wildman–Crippen MR) is 71.8 cm³/mol. The van der Waals surface area contributed by atoms with Crippen LogP contribution in [0.15, 0.2) is 28.7 Å². The van der Waals surface area contributed by atoms with Gasteiger partial charge in [-0.1, -0.05) is 22.0 Å². The van der Waals surface area contributed by atoms with Crippen molar-refractivity contribution in [2.45, 2.75) is 6.04 Å². The van der Waals surface area contributed by atoms with Crippen LogP contribution in [-0.4, -0.2) is 44.2 Å². The first-order valence-corrected chi connectivity index (χ1v) is 6.41. The molecule has 4 heteroatoms. The fourth-order valence-electron chi connectivity index (χ4n) is 2.11. The van der Waals surface area contributed by atoms with Gasteiger partial charge in [0.25, 0.3) is 0 Å². The number of nitrogens with zero attached hydrogens (tertiary/aromatic N) is 2. The summed E-state index contributed by atoms with van der Waals surface area (Å²) in [4.78, 5) is 4.75. The van der Waals surface area contributed by atoms with Gasteiger partial charge in [0.15, 0.2) is 0 Å². The van der Waals surface area contributed by atoms with E-state index in [4.69, 9.17) is 5.73 Å². The first-order valence-electron chi connectivity index (χ1n) is 5.61. The number of anilines is 1. The van der Waals surface area contributed by atoms with E-state index in [-0.39, 0.29) is 0 Å². The number of rotatable bonds is 2. The van der Waals surface area contributed by atoms with Crippen molar-refractivity contribution in [1.29, 1.82) is 0 Å². The van der Waals surface area contributed by atoms with E-state index in [2.05, 4.69) is 57.0 Å². The Bertz CT molecular complexity index is 356. The smallest absolute Gasteiger partial charge is 0.0391 e. The first kappa shape index (κ1) is 11.9. The minimum Gasteiger partial charge on any atom is -0.369 e. The van der Waals surface area contributed by atoms with Crippen molar-refractivity contribution in [2.24, 2.45) is 5.73 Å². The van der Waals surface area contributed by atoms with Gasteiger partial charge in [-0.2, -0.15) is 0 Å². The van der Waals surface area contributed by atoms with Crippen LogP contribution in [0.3, 0.4) is 0 Å². The van der Waals surface area contributed by atoms with Crippen LogP contribution in [0.1, 0.15) is 0 Å². The average molecular weight is 284 g/mol. The van der Waals surface area contributed by atoms with Gasteiger partial charge in [-0.25, -0.2) is 0 Å². The number of hydrogen-bond acceptors (Lipinski definition) is 3. The van der Waals surface area contributed by atoms with E-state index in [1.54, 1.807) is 0 Å². The van der Waals surface area contributed by atoms with Crippen molar-refractivity contribution < 1.29 is 0 Å². The molecule has 88 valence electrons. The molecule has 1 aliphatic heterocycles. The minimum atomic E-state index is 0.465. The highest BCUT2D eigenvalue weighted by atomic mass is 79.9. The summed E-state index contributed by atoms with van der Waals surface area (Å²) in [6.07, 6.45) is 0. The molecular weight excluding hydrogens is 266 g/mol. The van der Waals surface area contributed by atoms with Crippen LogP contribution in [0.25, 0.3) is 0 Å². The molecule has 0 radical (unpaired) electrons. The lowest BCUT2D eigenvalue weighted by Crippen LogP contribution is -2.54. The summed E-state index contributed by atoms with van der Waals surface area (Å²) in [5.41, 5.74) is 7.06. The Kier molecular flexibility index (Phi) is 3.84. The molecular formula is C12H18BrN3. The second-order valence-corrected chi connectivity index (χ2v) is 5.21. The Hall–Kier alpha value is -0.580. The highest BCUT2D eigenvalue weighted by Gasteiger charge is 2.23. The Labute approximate surface area is 105 Å². The summed E-state index contributed by atoms with van der Waals surface area (Å²) in [6.45, 7) is 3.89.